The molecule has 1 unspecified atom stereocenters. The van der Waals surface area contributed by atoms with Crippen molar-refractivity contribution < 1.29 is 14.7 Å². The number of carboxylic acid groups (broad SMARTS) is 1. The first-order valence-electron chi connectivity index (χ1n) is 6.44. The summed E-state index contributed by atoms with van der Waals surface area (Å²) in [5.74, 6) is -1.13. The van der Waals surface area contributed by atoms with Gasteiger partial charge in [0.1, 0.15) is 6.54 Å². The summed E-state index contributed by atoms with van der Waals surface area (Å²) in [4.78, 5) is 25.2. The van der Waals surface area contributed by atoms with Gasteiger partial charge < -0.3 is 10.0 Å². The molecular formula is C14H17Cl2NO3S. The van der Waals surface area contributed by atoms with Crippen molar-refractivity contribution >= 4 is 46.8 Å². The van der Waals surface area contributed by atoms with E-state index < -0.39 is 5.97 Å². The lowest BCUT2D eigenvalue weighted by atomic mass is 10.2. The predicted molar refractivity (Wildman–Crippen MR) is 86.3 cm³/mol. The molecule has 0 saturated heterocycles. The Morgan fingerprint density at radius 1 is 1.38 bits per heavy atom. The van der Waals surface area contributed by atoms with Crippen LogP contribution in [0, 0.1) is 0 Å². The van der Waals surface area contributed by atoms with Crippen LogP contribution in [-0.2, 0) is 9.59 Å². The molecule has 1 atom stereocenters. The lowest BCUT2D eigenvalue weighted by molar-refractivity contribution is -0.144. The van der Waals surface area contributed by atoms with Gasteiger partial charge in [0.25, 0.3) is 0 Å². The number of carbonyl (C=O) groups is 2. The van der Waals surface area contributed by atoms with Gasteiger partial charge in [0, 0.05) is 16.0 Å². The van der Waals surface area contributed by atoms with Crippen LogP contribution in [0.4, 0.5) is 0 Å². The van der Waals surface area contributed by atoms with Crippen LogP contribution in [-0.4, -0.2) is 40.2 Å². The van der Waals surface area contributed by atoms with Gasteiger partial charge in [-0.3, -0.25) is 9.59 Å². The van der Waals surface area contributed by atoms with E-state index in [-0.39, 0.29) is 24.2 Å². The van der Waals surface area contributed by atoms with Crippen molar-refractivity contribution in [3.63, 3.8) is 0 Å². The van der Waals surface area contributed by atoms with Crippen molar-refractivity contribution in [1.29, 1.82) is 0 Å². The second kappa shape index (κ2) is 8.51. The van der Waals surface area contributed by atoms with Crippen molar-refractivity contribution in [3.8, 4) is 0 Å². The van der Waals surface area contributed by atoms with Gasteiger partial charge in [-0.05, 0) is 31.5 Å². The van der Waals surface area contributed by atoms with E-state index in [1.165, 1.54) is 16.7 Å². The molecule has 4 nitrogen and oxygen atoms in total. The predicted octanol–water partition coefficient (Wildman–Crippen LogP) is 3.80. The second-order valence-corrected chi connectivity index (χ2v) is 6.40. The molecule has 0 aliphatic carbocycles. The standard InChI is InChI=1S/C14H17Cl2NO3S/c1-3-9(2)17(7-14(19)20)13(18)8-21-12-6-10(15)4-5-11(12)16/h4-6,9H,3,7-8H2,1-2H3,(H,19,20). The Hall–Kier alpha value is -0.910. The van der Waals surface area contributed by atoms with E-state index >= 15 is 0 Å². The Morgan fingerprint density at radius 3 is 2.62 bits per heavy atom. The number of amides is 1. The largest absolute Gasteiger partial charge is 0.480 e. The minimum Gasteiger partial charge on any atom is -0.480 e. The van der Waals surface area contributed by atoms with Crippen LogP contribution < -0.4 is 0 Å². The second-order valence-electron chi connectivity index (χ2n) is 4.54. The van der Waals surface area contributed by atoms with Gasteiger partial charge in [0.2, 0.25) is 5.91 Å². The minimum atomic E-state index is -1.02. The number of thioether (sulfide) groups is 1. The van der Waals surface area contributed by atoms with E-state index in [4.69, 9.17) is 28.3 Å². The van der Waals surface area contributed by atoms with E-state index in [0.717, 1.165) is 0 Å². The fourth-order valence-corrected chi connectivity index (χ4v) is 3.05. The SMILES string of the molecule is CCC(C)N(CC(=O)O)C(=O)CSc1cc(Cl)ccc1Cl. The van der Waals surface area contributed by atoms with E-state index in [1.807, 2.05) is 13.8 Å². The molecule has 0 fully saturated rings. The minimum absolute atomic E-state index is 0.121. The van der Waals surface area contributed by atoms with Crippen molar-refractivity contribution in [2.75, 3.05) is 12.3 Å². The number of rotatable bonds is 7. The van der Waals surface area contributed by atoms with Crippen LogP contribution >= 0.6 is 35.0 Å². The maximum absolute atomic E-state index is 12.2. The van der Waals surface area contributed by atoms with Gasteiger partial charge in [0.15, 0.2) is 0 Å². The molecule has 116 valence electrons. The number of carbonyl (C=O) groups excluding carboxylic acids is 1. The monoisotopic (exact) mass is 349 g/mol. The first-order chi connectivity index (χ1) is 9.85. The number of nitrogens with zero attached hydrogens (tertiary/aromatic N) is 1. The molecule has 0 bridgehead atoms. The van der Waals surface area contributed by atoms with Crippen LogP contribution in [0.5, 0.6) is 0 Å². The third-order valence-electron chi connectivity index (χ3n) is 2.99. The highest BCUT2D eigenvalue weighted by Crippen LogP contribution is 2.30. The summed E-state index contributed by atoms with van der Waals surface area (Å²) in [7, 11) is 0. The molecule has 1 aromatic carbocycles. The van der Waals surface area contributed by atoms with Crippen LogP contribution in [0.1, 0.15) is 20.3 Å². The van der Waals surface area contributed by atoms with Crippen molar-refractivity contribution in [2.45, 2.75) is 31.2 Å². The third-order valence-corrected chi connectivity index (χ3v) is 4.71. The van der Waals surface area contributed by atoms with Crippen molar-refractivity contribution in [2.24, 2.45) is 0 Å². The van der Waals surface area contributed by atoms with E-state index in [0.29, 0.717) is 21.4 Å². The molecule has 0 aromatic heterocycles. The van der Waals surface area contributed by atoms with Gasteiger partial charge in [-0.25, -0.2) is 0 Å². The molecular weight excluding hydrogens is 333 g/mol. The van der Waals surface area contributed by atoms with Crippen LogP contribution in [0.3, 0.4) is 0 Å². The normalized spacial score (nSPS) is 12.0. The summed E-state index contributed by atoms with van der Waals surface area (Å²) in [6, 6.07) is 4.91. The van der Waals surface area contributed by atoms with E-state index in [1.54, 1.807) is 18.2 Å². The zero-order valence-corrected chi connectivity index (χ0v) is 14.1. The molecule has 0 spiro atoms. The summed E-state index contributed by atoms with van der Waals surface area (Å²) in [6.45, 7) is 3.45. The maximum atomic E-state index is 12.2. The quantitative estimate of drug-likeness (QED) is 0.760. The highest BCUT2D eigenvalue weighted by molar-refractivity contribution is 8.00. The highest BCUT2D eigenvalue weighted by atomic mass is 35.5. The maximum Gasteiger partial charge on any atom is 0.323 e. The zero-order valence-electron chi connectivity index (χ0n) is 11.8. The molecule has 1 amide bonds. The van der Waals surface area contributed by atoms with Gasteiger partial charge in [-0.1, -0.05) is 30.1 Å². The molecule has 0 heterocycles. The molecule has 0 aliphatic heterocycles. The summed E-state index contributed by atoms with van der Waals surface area (Å²) in [5, 5.41) is 9.96. The number of carboxylic acids is 1. The Bertz CT molecular complexity index is 525. The number of halogens is 2. The van der Waals surface area contributed by atoms with Crippen molar-refractivity contribution in [3.05, 3.63) is 28.2 Å². The fourth-order valence-electron chi connectivity index (χ4n) is 1.67. The Labute approximate surface area is 138 Å². The Kier molecular flexibility index (Phi) is 7.35. The molecule has 1 rings (SSSR count). The average Bonchev–Trinajstić information content (AvgIpc) is 2.44. The Balaban J connectivity index is 2.73. The number of benzene rings is 1. The summed E-state index contributed by atoms with van der Waals surface area (Å²) in [6.07, 6.45) is 0.696. The molecule has 1 aromatic rings. The van der Waals surface area contributed by atoms with Crippen molar-refractivity contribution in [1.82, 2.24) is 4.90 Å². The summed E-state index contributed by atoms with van der Waals surface area (Å²) >= 11 is 13.2. The average molecular weight is 350 g/mol. The van der Waals surface area contributed by atoms with Gasteiger partial charge >= 0.3 is 5.97 Å². The molecule has 0 aliphatic rings. The summed E-state index contributed by atoms with van der Waals surface area (Å²) < 4.78 is 0. The highest BCUT2D eigenvalue weighted by Gasteiger charge is 2.21. The molecule has 0 saturated carbocycles. The van der Waals surface area contributed by atoms with E-state index in [9.17, 15) is 9.59 Å². The lowest BCUT2D eigenvalue weighted by Gasteiger charge is -2.26. The van der Waals surface area contributed by atoms with Crippen LogP contribution in [0.15, 0.2) is 23.1 Å². The first kappa shape index (κ1) is 18.1. The lowest BCUT2D eigenvalue weighted by Crippen LogP contribution is -2.42. The van der Waals surface area contributed by atoms with Crippen LogP contribution in [0.25, 0.3) is 0 Å². The van der Waals surface area contributed by atoms with Gasteiger partial charge in [-0.15, -0.1) is 11.8 Å². The Morgan fingerprint density at radius 2 is 2.05 bits per heavy atom. The molecule has 7 heteroatoms. The zero-order chi connectivity index (χ0) is 16.0. The summed E-state index contributed by atoms with van der Waals surface area (Å²) in [5.41, 5.74) is 0. The molecule has 21 heavy (non-hydrogen) atoms. The van der Waals surface area contributed by atoms with E-state index in [2.05, 4.69) is 0 Å². The first-order valence-corrected chi connectivity index (χ1v) is 8.18. The number of hydrogen-bond acceptors (Lipinski definition) is 3. The number of aliphatic carboxylic acids is 1. The third kappa shape index (κ3) is 5.77. The smallest absolute Gasteiger partial charge is 0.323 e. The van der Waals surface area contributed by atoms with Crippen LogP contribution in [0.2, 0.25) is 10.0 Å². The fraction of sp³-hybridized carbons (Fsp3) is 0.429. The number of hydrogen-bond donors (Lipinski definition) is 1. The topological polar surface area (TPSA) is 57.6 Å². The van der Waals surface area contributed by atoms with Gasteiger partial charge in [0.05, 0.1) is 10.8 Å². The molecule has 1 N–H and O–H groups in total. The van der Waals surface area contributed by atoms with Gasteiger partial charge in [-0.2, -0.15) is 0 Å². The molecule has 0 radical (unpaired) electrons.